The number of esters is 2. The zero-order valence-electron chi connectivity index (χ0n) is 18.8. The molecule has 0 aliphatic carbocycles. The molecule has 3 aromatic carbocycles. The van der Waals surface area contributed by atoms with Crippen molar-refractivity contribution in [2.45, 2.75) is 53.9 Å². The van der Waals surface area contributed by atoms with Crippen LogP contribution in [0.4, 0.5) is 0 Å². The molecule has 3 rings (SSSR count). The number of hydrogen-bond donors (Lipinski definition) is 0. The first-order chi connectivity index (χ1) is 14.0. The lowest BCUT2D eigenvalue weighted by Gasteiger charge is -2.22. The highest BCUT2D eigenvalue weighted by molar-refractivity contribution is 6.13. The van der Waals surface area contributed by atoms with Gasteiger partial charge in [-0.15, -0.1) is 0 Å². The van der Waals surface area contributed by atoms with Crippen molar-refractivity contribution in [3.05, 3.63) is 48.0 Å². The summed E-state index contributed by atoms with van der Waals surface area (Å²) in [6.07, 6.45) is 0. The Morgan fingerprint density at radius 2 is 1.13 bits per heavy atom. The molecule has 0 spiro atoms. The molecule has 0 bridgehead atoms. The van der Waals surface area contributed by atoms with Crippen LogP contribution in [0.1, 0.15) is 54.0 Å². The Labute approximate surface area is 178 Å². The minimum Gasteiger partial charge on any atom is -0.425 e. The lowest BCUT2D eigenvalue weighted by atomic mass is 9.85. The molecule has 0 radical (unpaired) electrons. The van der Waals surface area contributed by atoms with Crippen LogP contribution in [0.3, 0.4) is 0 Å². The van der Waals surface area contributed by atoms with Crippen LogP contribution in [0.15, 0.2) is 42.5 Å². The topological polar surface area (TPSA) is 52.6 Å². The molecule has 0 atom stereocenters. The summed E-state index contributed by atoms with van der Waals surface area (Å²) in [4.78, 5) is 25.0. The van der Waals surface area contributed by atoms with E-state index in [0.29, 0.717) is 11.5 Å². The summed E-state index contributed by atoms with van der Waals surface area (Å²) >= 11 is 0. The van der Waals surface area contributed by atoms with Gasteiger partial charge in [-0.3, -0.25) is 9.59 Å². The van der Waals surface area contributed by atoms with Gasteiger partial charge in [-0.2, -0.15) is 0 Å². The van der Waals surface area contributed by atoms with Crippen LogP contribution in [0, 0.1) is 11.8 Å². The van der Waals surface area contributed by atoms with E-state index in [9.17, 15) is 9.59 Å². The van der Waals surface area contributed by atoms with E-state index in [0.717, 1.165) is 27.1 Å². The van der Waals surface area contributed by atoms with Crippen molar-refractivity contribution in [1.29, 1.82) is 0 Å². The molecule has 4 nitrogen and oxygen atoms in total. The van der Waals surface area contributed by atoms with Gasteiger partial charge in [0.2, 0.25) is 0 Å². The fourth-order valence-corrected chi connectivity index (χ4v) is 3.22. The third-order valence-electron chi connectivity index (χ3n) is 5.14. The number of carbonyl (C=O) groups is 2. The largest absolute Gasteiger partial charge is 0.425 e. The summed E-state index contributed by atoms with van der Waals surface area (Å²) in [5.74, 6) is -0.101. The highest BCUT2D eigenvalue weighted by atomic mass is 16.5. The first-order valence-corrected chi connectivity index (χ1v) is 10.4. The Morgan fingerprint density at radius 1 is 0.700 bits per heavy atom. The molecular formula is C26H30O4. The molecule has 30 heavy (non-hydrogen) atoms. The molecule has 0 unspecified atom stereocenters. The summed E-state index contributed by atoms with van der Waals surface area (Å²) in [5.41, 5.74) is 1.02. The fraction of sp³-hybridized carbons (Fsp3) is 0.385. The Hall–Kier alpha value is -2.88. The normalized spacial score (nSPS) is 12.0. The van der Waals surface area contributed by atoms with Crippen molar-refractivity contribution >= 4 is 33.5 Å². The number of rotatable bonds is 4. The third-order valence-corrected chi connectivity index (χ3v) is 5.14. The summed E-state index contributed by atoms with van der Waals surface area (Å²) < 4.78 is 11.8. The number of carbonyl (C=O) groups excluding carboxylic acids is 2. The first-order valence-electron chi connectivity index (χ1n) is 10.4. The van der Waals surface area contributed by atoms with Crippen LogP contribution < -0.4 is 9.47 Å². The number of benzene rings is 3. The van der Waals surface area contributed by atoms with Gasteiger partial charge in [0.15, 0.2) is 0 Å². The van der Waals surface area contributed by atoms with Crippen molar-refractivity contribution in [3.8, 4) is 11.5 Å². The maximum atomic E-state index is 12.5. The van der Waals surface area contributed by atoms with Crippen LogP contribution in [0.5, 0.6) is 11.5 Å². The molecule has 0 N–H and O–H groups in total. The van der Waals surface area contributed by atoms with E-state index in [4.69, 9.17) is 9.47 Å². The summed E-state index contributed by atoms with van der Waals surface area (Å²) in [7, 11) is 0. The van der Waals surface area contributed by atoms with E-state index >= 15 is 0 Å². The van der Waals surface area contributed by atoms with Gasteiger partial charge < -0.3 is 9.47 Å². The molecule has 0 aromatic heterocycles. The van der Waals surface area contributed by atoms with Crippen molar-refractivity contribution in [2.24, 2.45) is 11.8 Å². The fourth-order valence-electron chi connectivity index (χ4n) is 3.22. The van der Waals surface area contributed by atoms with Gasteiger partial charge in [0.25, 0.3) is 0 Å². The van der Waals surface area contributed by atoms with Crippen molar-refractivity contribution in [2.75, 3.05) is 0 Å². The Kier molecular flexibility index (Phi) is 5.89. The number of ether oxygens (including phenoxy) is 2. The molecule has 4 heteroatoms. The molecule has 0 saturated heterocycles. The maximum Gasteiger partial charge on any atom is 0.313 e. The van der Waals surface area contributed by atoms with E-state index in [1.165, 1.54) is 0 Å². The van der Waals surface area contributed by atoms with E-state index in [1.54, 1.807) is 0 Å². The van der Waals surface area contributed by atoms with Gasteiger partial charge in [0.1, 0.15) is 11.5 Å². The smallest absolute Gasteiger partial charge is 0.313 e. The summed E-state index contributed by atoms with van der Waals surface area (Å²) in [5, 5.41) is 3.01. The molecule has 0 fully saturated rings. The van der Waals surface area contributed by atoms with E-state index in [-0.39, 0.29) is 29.2 Å². The molecule has 0 amide bonds. The maximum absolute atomic E-state index is 12.5. The van der Waals surface area contributed by atoms with Crippen LogP contribution >= 0.6 is 0 Å². The average molecular weight is 407 g/mol. The zero-order valence-corrected chi connectivity index (χ0v) is 18.8. The second-order valence-electron chi connectivity index (χ2n) is 9.37. The van der Waals surface area contributed by atoms with Crippen molar-refractivity contribution < 1.29 is 19.1 Å². The van der Waals surface area contributed by atoms with E-state index < -0.39 is 0 Å². The highest BCUT2D eigenvalue weighted by Crippen LogP contribution is 2.44. The van der Waals surface area contributed by atoms with Crippen molar-refractivity contribution in [1.82, 2.24) is 0 Å². The van der Waals surface area contributed by atoms with E-state index in [2.05, 4.69) is 20.8 Å². The van der Waals surface area contributed by atoms with Crippen LogP contribution in [0.25, 0.3) is 21.5 Å². The van der Waals surface area contributed by atoms with Crippen molar-refractivity contribution in [3.63, 3.8) is 0 Å². The molecule has 0 heterocycles. The van der Waals surface area contributed by atoms with Gasteiger partial charge in [-0.1, -0.05) is 84.9 Å². The molecule has 3 aromatic rings. The quantitative estimate of drug-likeness (QED) is 0.285. The molecule has 0 aliphatic heterocycles. The molecular weight excluding hydrogens is 376 g/mol. The second-order valence-corrected chi connectivity index (χ2v) is 9.37. The molecule has 0 aliphatic rings. The Balaban J connectivity index is 2.41. The monoisotopic (exact) mass is 406 g/mol. The SMILES string of the molecule is CC(C)C(=O)Oc1c2ccccc2c(OC(=O)C(C)C)c2cc(C(C)(C)C)ccc12. The number of hydrogen-bond acceptors (Lipinski definition) is 4. The third kappa shape index (κ3) is 4.18. The van der Waals surface area contributed by atoms with Crippen LogP contribution in [-0.2, 0) is 15.0 Å². The predicted octanol–water partition coefficient (Wildman–Crippen LogP) is 6.41. The van der Waals surface area contributed by atoms with E-state index in [1.807, 2.05) is 70.2 Å². The predicted molar refractivity (Wildman–Crippen MR) is 121 cm³/mol. The standard InChI is InChI=1S/C26H30O4/c1-15(2)24(27)29-22-18-10-8-9-11-19(18)23(30-25(28)16(3)4)21-14-17(26(5,6)7)12-13-20(21)22/h8-16H,1-7H3. The van der Waals surface area contributed by atoms with Gasteiger partial charge in [-0.25, -0.2) is 0 Å². The lowest BCUT2D eigenvalue weighted by Crippen LogP contribution is -2.17. The number of fused-ring (bicyclic) bond motifs is 2. The molecule has 0 saturated carbocycles. The first kappa shape index (κ1) is 21.8. The van der Waals surface area contributed by atoms with Gasteiger partial charge >= 0.3 is 11.9 Å². The Bertz CT molecular complexity index is 1120. The summed E-state index contributed by atoms with van der Waals surface area (Å²) in [6, 6.07) is 13.6. The van der Waals surface area contributed by atoms with Crippen LogP contribution in [-0.4, -0.2) is 11.9 Å². The second kappa shape index (κ2) is 8.10. The van der Waals surface area contributed by atoms with Crippen LogP contribution in [0.2, 0.25) is 0 Å². The zero-order chi connectivity index (χ0) is 22.2. The minimum absolute atomic E-state index is 0.0894. The average Bonchev–Trinajstić information content (AvgIpc) is 2.68. The summed E-state index contributed by atoms with van der Waals surface area (Å²) in [6.45, 7) is 13.6. The van der Waals surface area contributed by atoms with Gasteiger partial charge in [0, 0.05) is 21.5 Å². The van der Waals surface area contributed by atoms with Gasteiger partial charge in [-0.05, 0) is 17.0 Å². The molecule has 158 valence electrons. The van der Waals surface area contributed by atoms with Gasteiger partial charge in [0.05, 0.1) is 11.8 Å². The highest BCUT2D eigenvalue weighted by Gasteiger charge is 2.23. The Morgan fingerprint density at radius 3 is 1.57 bits per heavy atom. The minimum atomic E-state index is -0.298. The lowest BCUT2D eigenvalue weighted by molar-refractivity contribution is -0.138.